The van der Waals surface area contributed by atoms with Gasteiger partial charge in [0.05, 0.1) is 39.5 Å². The smallest absolute Gasteiger partial charge is 0.319 e. The van der Waals surface area contributed by atoms with Gasteiger partial charge in [0, 0.05) is 43.5 Å². The lowest BCUT2D eigenvalue weighted by Gasteiger charge is -2.34. The molecular weight excluding hydrogens is 946 g/mol. The van der Waals surface area contributed by atoms with Crippen molar-refractivity contribution in [1.29, 1.82) is 0 Å². The van der Waals surface area contributed by atoms with E-state index in [1.165, 1.54) is 0 Å². The molecule has 15 nitrogen and oxygen atoms in total. The number of amides is 2. The van der Waals surface area contributed by atoms with Gasteiger partial charge in [0.1, 0.15) is 47.8 Å². The normalized spacial score (nSPS) is 20.7. The molecule has 0 radical (unpaired) electrons. The molecule has 0 bridgehead atoms. The van der Waals surface area contributed by atoms with Crippen LogP contribution in [0.4, 0.5) is 10.2 Å². The van der Waals surface area contributed by atoms with Crippen molar-refractivity contribution in [3.63, 3.8) is 0 Å². The van der Waals surface area contributed by atoms with E-state index in [1.807, 2.05) is 49.7 Å². The van der Waals surface area contributed by atoms with Crippen LogP contribution in [0.25, 0.3) is 43.4 Å². The molecule has 0 saturated carbocycles. The molecule has 380 valence electrons. The largest absolute Gasteiger partial charge is 0.508 e. The second-order valence-electron chi connectivity index (χ2n) is 20.3. The van der Waals surface area contributed by atoms with E-state index in [2.05, 4.69) is 44.3 Å². The highest BCUT2D eigenvalue weighted by Gasteiger charge is 2.50. The van der Waals surface area contributed by atoms with Crippen LogP contribution in [0.3, 0.4) is 0 Å². The van der Waals surface area contributed by atoms with E-state index in [0.717, 1.165) is 122 Å². The number of carbonyl (C=O) groups excluding carboxylic acids is 2. The number of aryl methyl sites for hydroxylation is 2. The molecule has 17 heteroatoms. The molecule has 0 spiro atoms. The van der Waals surface area contributed by atoms with Crippen LogP contribution in [0.5, 0.6) is 17.6 Å². The minimum Gasteiger partial charge on any atom is -0.508 e. The van der Waals surface area contributed by atoms with Crippen molar-refractivity contribution in [3.05, 3.63) is 101 Å². The summed E-state index contributed by atoms with van der Waals surface area (Å²) in [5.74, 6) is 0.402. The molecule has 11 rings (SSSR count). The molecule has 4 aliphatic heterocycles. The van der Waals surface area contributed by atoms with Gasteiger partial charge in [0.15, 0.2) is 5.82 Å². The van der Waals surface area contributed by atoms with Crippen molar-refractivity contribution >= 4 is 50.6 Å². The third kappa shape index (κ3) is 9.69. The number of phenolic OH excluding ortho intramolecular Hbond substituents is 1. The summed E-state index contributed by atoms with van der Waals surface area (Å²) < 4.78 is 35.7. The number of carbonyl (C=O) groups is 2. The molecule has 3 aromatic carbocycles. The summed E-state index contributed by atoms with van der Waals surface area (Å²) in [6.07, 6.45) is 11.6. The Balaban J connectivity index is 0.741. The van der Waals surface area contributed by atoms with E-state index < -0.39 is 11.9 Å². The quantitative estimate of drug-likeness (QED) is 0.0995. The monoisotopic (exact) mass is 1010 g/mol. The van der Waals surface area contributed by atoms with Crippen LogP contribution in [0, 0.1) is 12.7 Å². The minimum atomic E-state index is -0.577. The number of anilines is 1. The summed E-state index contributed by atoms with van der Waals surface area (Å²) in [6, 6.07) is 18.4. The topological polar surface area (TPSA) is 172 Å². The predicted octanol–water partition coefficient (Wildman–Crippen LogP) is 9.92. The van der Waals surface area contributed by atoms with Crippen molar-refractivity contribution in [3.8, 4) is 39.3 Å². The van der Waals surface area contributed by atoms with Gasteiger partial charge in [-0.15, -0.1) is 11.3 Å². The molecule has 4 unspecified atom stereocenters. The van der Waals surface area contributed by atoms with Crippen molar-refractivity contribution in [2.24, 2.45) is 0 Å². The number of phenols is 1. The van der Waals surface area contributed by atoms with Crippen molar-refractivity contribution in [1.82, 2.24) is 40.2 Å². The molecule has 4 aliphatic rings. The zero-order chi connectivity index (χ0) is 50.2. The predicted molar refractivity (Wildman–Crippen MR) is 278 cm³/mol. The zero-order valence-corrected chi connectivity index (χ0v) is 42.6. The van der Waals surface area contributed by atoms with Crippen LogP contribution < -0.4 is 19.7 Å². The number of aromatic nitrogens is 5. The Morgan fingerprint density at radius 3 is 2.59 bits per heavy atom. The Hall–Kier alpha value is -6.72. The lowest BCUT2D eigenvalue weighted by molar-refractivity contribution is -0.138. The molecule has 0 aliphatic carbocycles. The first-order chi connectivity index (χ1) is 35.6. The fourth-order valence-corrected chi connectivity index (χ4v) is 12.7. The van der Waals surface area contributed by atoms with Gasteiger partial charge in [0.2, 0.25) is 11.8 Å². The Morgan fingerprint density at radius 1 is 0.959 bits per heavy atom. The van der Waals surface area contributed by atoms with E-state index in [0.29, 0.717) is 54.6 Å². The number of nitrogens with one attached hydrogen (secondary N) is 1. The Kier molecular flexibility index (Phi) is 13.7. The first kappa shape index (κ1) is 48.5. The highest BCUT2D eigenvalue weighted by molar-refractivity contribution is 7.13. The summed E-state index contributed by atoms with van der Waals surface area (Å²) in [5.41, 5.74) is 6.45. The lowest BCUT2D eigenvalue weighted by atomic mass is 9.95. The molecule has 73 heavy (non-hydrogen) atoms. The maximum atomic E-state index is 17.2. The number of aromatic hydroxyl groups is 1. The number of nitrogens with zero attached hydrogens (tertiary/aromatic N) is 8. The summed E-state index contributed by atoms with van der Waals surface area (Å²) in [7, 11) is 0. The van der Waals surface area contributed by atoms with E-state index >= 15 is 4.39 Å². The van der Waals surface area contributed by atoms with Crippen molar-refractivity contribution in [2.75, 3.05) is 44.3 Å². The van der Waals surface area contributed by atoms with Gasteiger partial charge in [-0.25, -0.2) is 9.37 Å². The molecule has 4 atom stereocenters. The molecule has 4 fully saturated rings. The van der Waals surface area contributed by atoms with Crippen LogP contribution in [0.15, 0.2) is 76.9 Å². The van der Waals surface area contributed by atoms with Crippen LogP contribution in [0.1, 0.15) is 107 Å². The van der Waals surface area contributed by atoms with Crippen LogP contribution in [-0.4, -0.2) is 109 Å². The average molecular weight is 1010 g/mol. The summed E-state index contributed by atoms with van der Waals surface area (Å²) in [6.45, 7) is 9.66. The summed E-state index contributed by atoms with van der Waals surface area (Å²) >= 11 is 1.61. The number of hydrogen-bond acceptors (Lipinski definition) is 14. The Labute approximate surface area is 428 Å². The SMILES string of the molecule is CCc1cccc2cc(O)cc(-c3ncc4c(N5CCCCCC5)nc(OCC56CCCN5C(COc5cc(CC(=O)N7CCCC7C(=O)NC(C)c7ccc(-c8scnc8C)cc7)on5)CC6)nc4c3F)c12. The van der Waals surface area contributed by atoms with Gasteiger partial charge < -0.3 is 34.2 Å². The summed E-state index contributed by atoms with van der Waals surface area (Å²) in [4.78, 5) is 53.6. The lowest BCUT2D eigenvalue weighted by Crippen LogP contribution is -2.48. The zero-order valence-electron chi connectivity index (χ0n) is 41.7. The van der Waals surface area contributed by atoms with Gasteiger partial charge in [-0.2, -0.15) is 9.97 Å². The van der Waals surface area contributed by atoms with E-state index in [1.54, 1.807) is 40.6 Å². The second kappa shape index (κ2) is 20.7. The number of fused-ring (bicyclic) bond motifs is 3. The first-order valence-electron chi connectivity index (χ1n) is 26.0. The number of pyridine rings is 1. The fourth-order valence-electron chi connectivity index (χ4n) is 11.9. The van der Waals surface area contributed by atoms with Gasteiger partial charge in [-0.05, 0) is 123 Å². The molecule has 4 saturated heterocycles. The number of thiazole rings is 1. The highest BCUT2D eigenvalue weighted by atomic mass is 32.1. The number of likely N-dealkylation sites (tertiary alicyclic amines) is 1. The third-order valence-corrected chi connectivity index (χ3v) is 16.7. The first-order valence-corrected chi connectivity index (χ1v) is 26.9. The number of ether oxygens (including phenoxy) is 2. The van der Waals surface area contributed by atoms with Crippen LogP contribution in [0.2, 0.25) is 0 Å². The number of halogens is 1. The minimum absolute atomic E-state index is 0.0330. The molecular formula is C56H62FN9O6S. The second-order valence-corrected chi connectivity index (χ2v) is 21.1. The third-order valence-electron chi connectivity index (χ3n) is 15.7. The van der Waals surface area contributed by atoms with Gasteiger partial charge in [-0.1, -0.05) is 62.2 Å². The van der Waals surface area contributed by atoms with E-state index in [9.17, 15) is 14.7 Å². The molecule has 2 N–H and O–H groups in total. The Morgan fingerprint density at radius 2 is 1.79 bits per heavy atom. The van der Waals surface area contributed by atoms with E-state index in [4.69, 9.17) is 28.9 Å². The average Bonchev–Trinajstić information content (AvgIpc) is 4.25. The number of hydrogen-bond donors (Lipinski definition) is 2. The number of benzene rings is 3. The fraction of sp³-hybridized carbons (Fsp3) is 0.446. The maximum absolute atomic E-state index is 17.2. The number of rotatable bonds is 15. The molecule has 4 aromatic heterocycles. The van der Waals surface area contributed by atoms with Gasteiger partial charge in [-0.3, -0.25) is 19.5 Å². The van der Waals surface area contributed by atoms with E-state index in [-0.39, 0.29) is 58.8 Å². The standard InChI is InChI=1S/C56H62FN9O6S/c1-4-36-12-9-13-39-26-41(67)27-43(48(36)39)50-49(57)51-44(30-58-50)53(64-22-7-5-6-8-23-64)62-55(61-51)71-32-56-20-11-25-66(56)40(19-21-56)31-70-46-28-42(72-63-46)29-47(68)65-24-10-14-45(65)54(69)60-34(2)37-15-17-38(18-16-37)52-35(3)59-33-73-52/h9,12-13,15-18,26-28,30,33-34,40,45,67H,4-8,10-11,14,19-25,29,31-32H2,1-3H3,(H,60,69). The Bertz CT molecular complexity index is 3160. The summed E-state index contributed by atoms with van der Waals surface area (Å²) in [5, 5.41) is 20.3. The van der Waals surface area contributed by atoms with Crippen molar-refractivity contribution < 1.29 is 33.1 Å². The van der Waals surface area contributed by atoms with Crippen LogP contribution >= 0.6 is 11.3 Å². The van der Waals surface area contributed by atoms with Crippen molar-refractivity contribution in [2.45, 2.75) is 121 Å². The molecule has 7 aromatic rings. The highest BCUT2D eigenvalue weighted by Crippen LogP contribution is 2.44. The van der Waals surface area contributed by atoms with Crippen LogP contribution in [-0.2, 0) is 22.4 Å². The molecule has 8 heterocycles. The van der Waals surface area contributed by atoms with Gasteiger partial charge >= 0.3 is 6.01 Å². The molecule has 2 amide bonds. The van der Waals surface area contributed by atoms with Gasteiger partial charge in [0.25, 0.3) is 5.88 Å². The maximum Gasteiger partial charge on any atom is 0.319 e.